The van der Waals surface area contributed by atoms with Crippen molar-refractivity contribution in [2.75, 3.05) is 7.11 Å². The maximum atomic E-state index is 13.0. The van der Waals surface area contributed by atoms with Crippen LogP contribution in [0.5, 0.6) is 11.5 Å². The van der Waals surface area contributed by atoms with Crippen molar-refractivity contribution in [2.45, 2.75) is 6.54 Å². The molecule has 0 atom stereocenters. The topological polar surface area (TPSA) is 99.8 Å². The van der Waals surface area contributed by atoms with Crippen molar-refractivity contribution in [2.24, 2.45) is 0 Å². The first kappa shape index (κ1) is 20.5. The summed E-state index contributed by atoms with van der Waals surface area (Å²) >= 11 is 12.2. The third kappa shape index (κ3) is 4.28. The van der Waals surface area contributed by atoms with Crippen molar-refractivity contribution >= 4 is 29.4 Å². The lowest BCUT2D eigenvalue weighted by Crippen LogP contribution is -2.40. The summed E-state index contributed by atoms with van der Waals surface area (Å²) in [5.74, 6) is 0.0221. The van der Waals surface area contributed by atoms with E-state index in [2.05, 4.69) is 4.74 Å². The van der Waals surface area contributed by atoms with E-state index in [1.165, 1.54) is 7.11 Å². The molecule has 0 fully saturated rings. The molecule has 2 aromatic carbocycles. The zero-order valence-electron chi connectivity index (χ0n) is 15.0. The zero-order chi connectivity index (χ0) is 21.1. The zero-order valence-corrected chi connectivity index (χ0v) is 16.5. The number of carboxylic acid groups (broad SMARTS) is 1. The predicted molar refractivity (Wildman–Crippen MR) is 107 cm³/mol. The minimum absolute atomic E-state index is 0.182. The molecule has 150 valence electrons. The highest BCUT2D eigenvalue weighted by atomic mass is 35.5. The maximum absolute atomic E-state index is 13.0. The fourth-order valence-electron chi connectivity index (χ4n) is 2.65. The van der Waals surface area contributed by atoms with Gasteiger partial charge < -0.3 is 14.6 Å². The molecule has 1 heterocycles. The average Bonchev–Trinajstić information content (AvgIpc) is 2.70. The monoisotopic (exact) mass is 436 g/mol. The Kier molecular flexibility index (Phi) is 5.95. The minimum atomic E-state index is -1.69. The molecule has 0 aliphatic carbocycles. The second-order valence-electron chi connectivity index (χ2n) is 5.82. The average molecular weight is 437 g/mol. The standard InChI is InChI=1S/C19H14Cl2N2O6/c1-28-13-7-5-12(6-8-13)22-10-15(29-19(26)27)17(24)23(18(22)25)9-11-3-2-4-14(20)16(11)21/h2-8,10H,9H2,1H3,(H,26,27). The van der Waals surface area contributed by atoms with Crippen molar-refractivity contribution < 1.29 is 19.4 Å². The van der Waals surface area contributed by atoms with Gasteiger partial charge in [-0.15, -0.1) is 0 Å². The van der Waals surface area contributed by atoms with E-state index < -0.39 is 23.2 Å². The Morgan fingerprint density at radius 2 is 1.79 bits per heavy atom. The minimum Gasteiger partial charge on any atom is -0.497 e. The summed E-state index contributed by atoms with van der Waals surface area (Å²) in [5.41, 5.74) is -0.851. The van der Waals surface area contributed by atoms with Gasteiger partial charge in [-0.05, 0) is 35.9 Å². The highest BCUT2D eigenvalue weighted by molar-refractivity contribution is 6.42. The van der Waals surface area contributed by atoms with E-state index in [9.17, 15) is 14.4 Å². The molecular weight excluding hydrogens is 423 g/mol. The summed E-state index contributed by atoms with van der Waals surface area (Å²) in [6.07, 6.45) is -0.661. The number of halogens is 2. The molecule has 3 aromatic rings. The molecule has 0 unspecified atom stereocenters. The SMILES string of the molecule is COc1ccc(-n2cc(OC(=O)O)c(=O)n(Cc3cccc(Cl)c3Cl)c2=O)cc1. The third-order valence-corrected chi connectivity index (χ3v) is 4.91. The number of ether oxygens (including phenoxy) is 2. The van der Waals surface area contributed by atoms with Crippen molar-refractivity contribution in [1.82, 2.24) is 9.13 Å². The van der Waals surface area contributed by atoms with E-state index in [1.54, 1.807) is 42.5 Å². The van der Waals surface area contributed by atoms with Gasteiger partial charge in [0.15, 0.2) is 0 Å². The summed E-state index contributed by atoms with van der Waals surface area (Å²) in [7, 11) is 1.49. The molecule has 0 saturated carbocycles. The molecule has 0 aliphatic heterocycles. The molecule has 29 heavy (non-hydrogen) atoms. The van der Waals surface area contributed by atoms with Gasteiger partial charge in [0.1, 0.15) is 5.75 Å². The van der Waals surface area contributed by atoms with Crippen LogP contribution in [0.4, 0.5) is 4.79 Å². The van der Waals surface area contributed by atoms with E-state index in [0.717, 1.165) is 15.3 Å². The Balaban J connectivity index is 2.20. The lowest BCUT2D eigenvalue weighted by atomic mass is 10.2. The smallest absolute Gasteiger partial charge is 0.497 e. The van der Waals surface area contributed by atoms with Gasteiger partial charge in [0.25, 0.3) is 5.56 Å². The quantitative estimate of drug-likeness (QED) is 0.615. The second kappa shape index (κ2) is 8.42. The normalized spacial score (nSPS) is 10.6. The fraction of sp³-hybridized carbons (Fsp3) is 0.105. The predicted octanol–water partition coefficient (Wildman–Crippen LogP) is 3.42. The van der Waals surface area contributed by atoms with Crippen molar-refractivity contribution in [3.05, 3.63) is 85.1 Å². The summed E-state index contributed by atoms with van der Waals surface area (Å²) in [4.78, 5) is 36.7. The molecule has 0 aliphatic rings. The molecule has 0 bridgehead atoms. The highest BCUT2D eigenvalue weighted by Crippen LogP contribution is 2.25. The Morgan fingerprint density at radius 1 is 1.10 bits per heavy atom. The maximum Gasteiger partial charge on any atom is 0.511 e. The van der Waals surface area contributed by atoms with Gasteiger partial charge in [-0.1, -0.05) is 35.3 Å². The molecule has 0 radical (unpaired) electrons. The Labute approximate surface area is 174 Å². The van der Waals surface area contributed by atoms with Crippen molar-refractivity contribution in [3.63, 3.8) is 0 Å². The van der Waals surface area contributed by atoms with E-state index >= 15 is 0 Å². The van der Waals surface area contributed by atoms with E-state index in [-0.39, 0.29) is 16.6 Å². The van der Waals surface area contributed by atoms with Gasteiger partial charge in [0.2, 0.25) is 5.75 Å². The molecule has 1 aromatic heterocycles. The van der Waals surface area contributed by atoms with Crippen molar-refractivity contribution in [1.29, 1.82) is 0 Å². The number of carbonyl (C=O) groups is 1. The molecule has 0 amide bonds. The summed E-state index contributed by atoms with van der Waals surface area (Å²) < 4.78 is 11.6. The van der Waals surface area contributed by atoms with Crippen LogP contribution < -0.4 is 20.7 Å². The van der Waals surface area contributed by atoms with Crippen LogP contribution in [0.2, 0.25) is 10.0 Å². The van der Waals surface area contributed by atoms with Gasteiger partial charge in [-0.25, -0.2) is 9.59 Å². The van der Waals surface area contributed by atoms with Gasteiger partial charge in [0, 0.05) is 0 Å². The molecule has 1 N–H and O–H groups in total. The van der Waals surface area contributed by atoms with Crippen LogP contribution in [0.1, 0.15) is 5.56 Å². The van der Waals surface area contributed by atoms with Crippen LogP contribution in [0.25, 0.3) is 5.69 Å². The molecule has 10 heteroatoms. The van der Waals surface area contributed by atoms with Gasteiger partial charge in [-0.2, -0.15) is 0 Å². The first-order chi connectivity index (χ1) is 13.8. The lowest BCUT2D eigenvalue weighted by molar-refractivity contribution is 0.143. The van der Waals surface area contributed by atoms with Gasteiger partial charge in [0.05, 0.1) is 35.6 Å². The number of aromatic nitrogens is 2. The number of rotatable bonds is 5. The Hall–Kier alpha value is -3.23. The van der Waals surface area contributed by atoms with Crippen LogP contribution in [-0.2, 0) is 6.54 Å². The largest absolute Gasteiger partial charge is 0.511 e. The van der Waals surface area contributed by atoms with Gasteiger partial charge >= 0.3 is 11.8 Å². The second-order valence-corrected chi connectivity index (χ2v) is 6.60. The number of hydrogen-bond donors (Lipinski definition) is 1. The molecule has 8 nitrogen and oxygen atoms in total. The molecule has 3 rings (SSSR count). The van der Waals surface area contributed by atoms with Crippen LogP contribution in [0.15, 0.2) is 58.3 Å². The van der Waals surface area contributed by atoms with Crippen LogP contribution >= 0.6 is 23.2 Å². The fourth-order valence-corrected chi connectivity index (χ4v) is 3.03. The van der Waals surface area contributed by atoms with Gasteiger partial charge in [-0.3, -0.25) is 13.9 Å². The summed E-state index contributed by atoms with van der Waals surface area (Å²) in [6, 6.07) is 11.2. The molecule has 0 spiro atoms. The number of benzene rings is 2. The summed E-state index contributed by atoms with van der Waals surface area (Å²) in [6.45, 7) is -0.232. The van der Waals surface area contributed by atoms with Crippen LogP contribution in [-0.4, -0.2) is 27.5 Å². The van der Waals surface area contributed by atoms with Crippen molar-refractivity contribution in [3.8, 4) is 17.2 Å². The number of methoxy groups -OCH3 is 1. The Bertz CT molecular complexity index is 1180. The first-order valence-corrected chi connectivity index (χ1v) is 8.92. The highest BCUT2D eigenvalue weighted by Gasteiger charge is 2.18. The first-order valence-electron chi connectivity index (χ1n) is 8.16. The number of nitrogens with zero attached hydrogens (tertiary/aromatic N) is 2. The van der Waals surface area contributed by atoms with Crippen LogP contribution in [0, 0.1) is 0 Å². The van der Waals surface area contributed by atoms with Crippen LogP contribution in [0.3, 0.4) is 0 Å². The van der Waals surface area contributed by atoms with E-state index in [1.807, 2.05) is 0 Å². The molecule has 0 saturated heterocycles. The Morgan fingerprint density at radius 3 is 2.41 bits per heavy atom. The number of hydrogen-bond acceptors (Lipinski definition) is 5. The van der Waals surface area contributed by atoms with E-state index in [4.69, 9.17) is 33.0 Å². The third-order valence-electron chi connectivity index (χ3n) is 4.05. The summed E-state index contributed by atoms with van der Waals surface area (Å²) in [5, 5.41) is 9.38. The molecular formula is C19H14Cl2N2O6. The van der Waals surface area contributed by atoms with E-state index in [0.29, 0.717) is 17.0 Å². The lowest BCUT2D eigenvalue weighted by Gasteiger charge is -2.14.